The number of nitrogens with one attached hydrogen (secondary N) is 2. The van der Waals surface area contributed by atoms with E-state index >= 15 is 0 Å². The second-order valence-electron chi connectivity index (χ2n) is 6.35. The first-order valence-electron chi connectivity index (χ1n) is 8.63. The number of amides is 3. The van der Waals surface area contributed by atoms with Crippen LogP contribution in [0.3, 0.4) is 0 Å². The average Bonchev–Trinajstić information content (AvgIpc) is 3.17. The smallest absolute Gasteiger partial charge is 0.255 e. The number of hydrogen-bond acceptors (Lipinski definition) is 4. The second kappa shape index (κ2) is 8.57. The lowest BCUT2D eigenvalue weighted by molar-refractivity contribution is -0.118. The van der Waals surface area contributed by atoms with Crippen molar-refractivity contribution in [2.75, 3.05) is 0 Å². The Morgan fingerprint density at radius 3 is 2.45 bits per heavy atom. The van der Waals surface area contributed by atoms with Gasteiger partial charge in [-0.2, -0.15) is 5.10 Å². The molecule has 1 heterocycles. The van der Waals surface area contributed by atoms with Gasteiger partial charge in [0.1, 0.15) is 0 Å². The number of nitrogens with zero attached hydrogens (tertiary/aromatic N) is 1. The highest BCUT2D eigenvalue weighted by Crippen LogP contribution is 2.24. The number of H-pyrrole nitrogens is 1. The highest BCUT2D eigenvalue weighted by Gasteiger charge is 2.22. The molecule has 8 nitrogen and oxygen atoms in total. The van der Waals surface area contributed by atoms with Gasteiger partial charge in [-0.25, -0.2) is 0 Å². The molecule has 0 fully saturated rings. The van der Waals surface area contributed by atoms with E-state index in [9.17, 15) is 14.4 Å². The molecule has 0 aliphatic rings. The number of aromatic amines is 1. The fourth-order valence-corrected chi connectivity index (χ4v) is 3.09. The van der Waals surface area contributed by atoms with Gasteiger partial charge in [-0.3, -0.25) is 19.5 Å². The van der Waals surface area contributed by atoms with Crippen molar-refractivity contribution in [3.8, 4) is 11.3 Å². The summed E-state index contributed by atoms with van der Waals surface area (Å²) in [4.78, 5) is 35.6. The normalized spacial score (nSPS) is 11.6. The zero-order valence-corrected chi connectivity index (χ0v) is 15.9. The Morgan fingerprint density at radius 1 is 1.10 bits per heavy atom. The summed E-state index contributed by atoms with van der Waals surface area (Å²) in [7, 11) is 0. The number of primary amides is 2. The molecule has 0 bridgehead atoms. The molecule has 0 aliphatic heterocycles. The van der Waals surface area contributed by atoms with Crippen molar-refractivity contribution in [1.29, 1.82) is 0 Å². The van der Waals surface area contributed by atoms with Crippen molar-refractivity contribution in [3.63, 3.8) is 0 Å². The van der Waals surface area contributed by atoms with E-state index in [1.165, 1.54) is 6.20 Å². The van der Waals surface area contributed by atoms with Gasteiger partial charge in [0, 0.05) is 16.1 Å². The molecule has 3 rings (SSSR count). The minimum Gasteiger partial charge on any atom is -0.370 e. The van der Waals surface area contributed by atoms with E-state index in [4.69, 9.17) is 23.1 Å². The van der Waals surface area contributed by atoms with Gasteiger partial charge in [-0.15, -0.1) is 0 Å². The third-order valence-electron chi connectivity index (χ3n) is 4.30. The summed E-state index contributed by atoms with van der Waals surface area (Å²) >= 11 is 6.03. The van der Waals surface area contributed by atoms with E-state index in [1.54, 1.807) is 48.5 Å². The number of carbonyl (C=O) groups excluding carboxylic acids is 3. The van der Waals surface area contributed by atoms with E-state index in [0.717, 1.165) is 0 Å². The Labute approximate surface area is 171 Å². The number of halogens is 1. The monoisotopic (exact) mass is 411 g/mol. The molecule has 0 spiro atoms. The Hall–Kier alpha value is -3.65. The first kappa shape index (κ1) is 20.1. The predicted molar refractivity (Wildman–Crippen MR) is 108 cm³/mol. The molecule has 29 heavy (non-hydrogen) atoms. The quantitative estimate of drug-likeness (QED) is 0.472. The van der Waals surface area contributed by atoms with Gasteiger partial charge < -0.3 is 16.8 Å². The molecular formula is C20H18ClN5O3. The molecule has 0 saturated heterocycles. The Kier molecular flexibility index (Phi) is 5.94. The molecular weight excluding hydrogens is 394 g/mol. The van der Waals surface area contributed by atoms with Crippen LogP contribution in [-0.4, -0.2) is 27.9 Å². The molecule has 6 N–H and O–H groups in total. The number of carbonyl (C=O) groups is 3. The molecule has 0 radical (unpaired) electrons. The lowest BCUT2D eigenvalue weighted by Crippen LogP contribution is -2.32. The third-order valence-corrected chi connectivity index (χ3v) is 4.54. The van der Waals surface area contributed by atoms with Crippen molar-refractivity contribution < 1.29 is 14.4 Å². The first-order valence-corrected chi connectivity index (χ1v) is 9.01. The summed E-state index contributed by atoms with van der Waals surface area (Å²) in [6.07, 6.45) is 1.29. The van der Waals surface area contributed by atoms with Gasteiger partial charge in [0.05, 0.1) is 29.9 Å². The van der Waals surface area contributed by atoms with Crippen molar-refractivity contribution in [1.82, 2.24) is 15.5 Å². The summed E-state index contributed by atoms with van der Waals surface area (Å²) in [5.41, 5.74) is 13.0. The van der Waals surface area contributed by atoms with Crippen LogP contribution in [0.2, 0.25) is 5.02 Å². The van der Waals surface area contributed by atoms with Crippen molar-refractivity contribution in [3.05, 3.63) is 76.4 Å². The van der Waals surface area contributed by atoms with E-state index in [-0.39, 0.29) is 12.0 Å². The predicted octanol–water partition coefficient (Wildman–Crippen LogP) is 2.18. The topological polar surface area (TPSA) is 144 Å². The van der Waals surface area contributed by atoms with Crippen molar-refractivity contribution in [2.24, 2.45) is 11.5 Å². The molecule has 9 heteroatoms. The highest BCUT2D eigenvalue weighted by molar-refractivity contribution is 6.30. The van der Waals surface area contributed by atoms with E-state index in [1.807, 2.05) is 0 Å². The summed E-state index contributed by atoms with van der Waals surface area (Å²) < 4.78 is 0. The summed E-state index contributed by atoms with van der Waals surface area (Å²) in [5.74, 6) is -1.56. The molecule has 3 aromatic rings. The molecule has 0 unspecified atom stereocenters. The third kappa shape index (κ3) is 4.80. The number of aromatic nitrogens is 2. The average molecular weight is 412 g/mol. The Balaban J connectivity index is 1.87. The second-order valence-corrected chi connectivity index (χ2v) is 6.79. The SMILES string of the molecule is NC(=O)C[C@H](NC(=O)c1cn[nH]c1-c1ccc(C(N)=O)cc1)c1cccc(Cl)c1. The van der Waals surface area contributed by atoms with Crippen LogP contribution in [0.15, 0.2) is 54.7 Å². The molecule has 1 aromatic heterocycles. The van der Waals surface area contributed by atoms with Gasteiger partial charge in [0.25, 0.3) is 5.91 Å². The fraction of sp³-hybridized carbons (Fsp3) is 0.100. The van der Waals surface area contributed by atoms with Gasteiger partial charge in [-0.05, 0) is 29.8 Å². The Bertz CT molecular complexity index is 1060. The van der Waals surface area contributed by atoms with Crippen LogP contribution >= 0.6 is 11.6 Å². The van der Waals surface area contributed by atoms with Crippen LogP contribution in [0.1, 0.15) is 38.7 Å². The highest BCUT2D eigenvalue weighted by atomic mass is 35.5. The van der Waals surface area contributed by atoms with Crippen LogP contribution in [0.4, 0.5) is 0 Å². The first-order chi connectivity index (χ1) is 13.8. The molecule has 148 valence electrons. The molecule has 2 aromatic carbocycles. The number of rotatable bonds is 7. The zero-order chi connectivity index (χ0) is 21.0. The van der Waals surface area contributed by atoms with E-state index in [2.05, 4.69) is 15.5 Å². The van der Waals surface area contributed by atoms with Gasteiger partial charge in [-0.1, -0.05) is 35.9 Å². The lowest BCUT2D eigenvalue weighted by atomic mass is 10.0. The van der Waals surface area contributed by atoms with Crippen molar-refractivity contribution in [2.45, 2.75) is 12.5 Å². The van der Waals surface area contributed by atoms with E-state index < -0.39 is 23.8 Å². The standard InChI is InChI=1S/C20H18ClN5O3/c21-14-3-1-2-13(8-14)16(9-17(22)27)25-20(29)15-10-24-26-18(15)11-4-6-12(7-5-11)19(23)28/h1-8,10,16H,9H2,(H2,22,27)(H2,23,28)(H,24,26)(H,25,29)/t16-/m0/s1. The number of nitrogens with two attached hydrogens (primary N) is 2. The Morgan fingerprint density at radius 2 is 1.83 bits per heavy atom. The number of hydrogen-bond donors (Lipinski definition) is 4. The van der Waals surface area contributed by atoms with Crippen molar-refractivity contribution >= 4 is 29.3 Å². The maximum Gasteiger partial charge on any atom is 0.255 e. The molecule has 0 aliphatic carbocycles. The van der Waals surface area contributed by atoms with Gasteiger partial charge >= 0.3 is 0 Å². The zero-order valence-electron chi connectivity index (χ0n) is 15.2. The maximum atomic E-state index is 12.9. The lowest BCUT2D eigenvalue weighted by Gasteiger charge is -2.18. The fourth-order valence-electron chi connectivity index (χ4n) is 2.89. The van der Waals surface area contributed by atoms with Gasteiger partial charge in [0.2, 0.25) is 11.8 Å². The largest absolute Gasteiger partial charge is 0.370 e. The summed E-state index contributed by atoms with van der Waals surface area (Å²) in [6, 6.07) is 12.6. The molecule has 1 atom stereocenters. The number of benzene rings is 2. The van der Waals surface area contributed by atoms with Crippen LogP contribution in [0.25, 0.3) is 11.3 Å². The van der Waals surface area contributed by atoms with Crippen LogP contribution in [-0.2, 0) is 4.79 Å². The molecule has 3 amide bonds. The molecule has 0 saturated carbocycles. The minimum absolute atomic E-state index is 0.0907. The van der Waals surface area contributed by atoms with Crippen LogP contribution in [0.5, 0.6) is 0 Å². The minimum atomic E-state index is -0.654. The summed E-state index contributed by atoms with van der Waals surface area (Å²) in [5, 5.41) is 9.99. The maximum absolute atomic E-state index is 12.9. The van der Waals surface area contributed by atoms with E-state index in [0.29, 0.717) is 27.4 Å². The van der Waals surface area contributed by atoms with Crippen LogP contribution < -0.4 is 16.8 Å². The summed E-state index contributed by atoms with van der Waals surface area (Å²) in [6.45, 7) is 0. The van der Waals surface area contributed by atoms with Gasteiger partial charge in [0.15, 0.2) is 0 Å². The van der Waals surface area contributed by atoms with Crippen LogP contribution in [0, 0.1) is 0 Å².